The maximum absolute atomic E-state index is 13.8. The zero-order valence-electron chi connectivity index (χ0n) is 24.8. The lowest BCUT2D eigenvalue weighted by atomic mass is 9.93. The third-order valence-electron chi connectivity index (χ3n) is 7.48. The van der Waals surface area contributed by atoms with E-state index in [0.29, 0.717) is 21.5 Å². The number of urea groups is 1. The molecule has 0 fully saturated rings. The largest absolute Gasteiger partial charge is 0.495 e. The molecule has 1 heterocycles. The van der Waals surface area contributed by atoms with Crippen LogP contribution in [-0.2, 0) is 17.5 Å². The van der Waals surface area contributed by atoms with Crippen molar-refractivity contribution in [2.24, 2.45) is 0 Å². The van der Waals surface area contributed by atoms with Crippen LogP contribution in [-0.4, -0.2) is 41.7 Å². The number of halogens is 3. The van der Waals surface area contributed by atoms with Crippen LogP contribution in [0.2, 0.25) is 0 Å². The number of rotatable bonds is 10. The number of fused-ring (bicyclic) bond motifs is 1. The van der Waals surface area contributed by atoms with Gasteiger partial charge in [0.2, 0.25) is 0 Å². The minimum absolute atomic E-state index is 0.000580. The maximum Gasteiger partial charge on any atom is 0.416 e. The van der Waals surface area contributed by atoms with Crippen LogP contribution >= 0.6 is 11.3 Å². The standard InChI is InChI=1S/C33H31F3N4O5S/c1-45-27-18-24(33(34,35)36)17-26-29(27)46-31(38-26)39-32(44)40(25-13-11-22(12-14-25)21-5-3-2-4-6-21)19-20-7-9-23(10-8-20)30(43)37-16-15-28(41)42/h5,7-14,17-18H,2-4,6,15-16,19H2,1H3,(H,37,43)(H,41,42)(H,38,39,44). The number of anilines is 2. The number of ether oxygens (including phenoxy) is 1. The van der Waals surface area contributed by atoms with Gasteiger partial charge in [0.1, 0.15) is 5.75 Å². The van der Waals surface area contributed by atoms with Crippen LogP contribution in [0.15, 0.2) is 66.7 Å². The molecule has 3 amide bonds. The first-order valence-corrected chi connectivity index (χ1v) is 15.4. The van der Waals surface area contributed by atoms with E-state index in [4.69, 9.17) is 9.84 Å². The minimum atomic E-state index is -4.60. The smallest absolute Gasteiger partial charge is 0.416 e. The van der Waals surface area contributed by atoms with Crippen molar-refractivity contribution in [3.05, 3.63) is 89.0 Å². The normalized spacial score (nSPS) is 13.2. The van der Waals surface area contributed by atoms with Gasteiger partial charge in [-0.15, -0.1) is 0 Å². The van der Waals surface area contributed by atoms with Crippen LogP contribution in [0.3, 0.4) is 0 Å². The number of hydrogen-bond acceptors (Lipinski definition) is 6. The summed E-state index contributed by atoms with van der Waals surface area (Å²) in [4.78, 5) is 42.6. The molecule has 4 aromatic rings. The molecule has 0 spiro atoms. The third-order valence-corrected chi connectivity index (χ3v) is 8.49. The van der Waals surface area contributed by atoms with Crippen LogP contribution in [0.1, 0.15) is 59.2 Å². The summed E-state index contributed by atoms with van der Waals surface area (Å²) in [5, 5.41) is 14.2. The van der Waals surface area contributed by atoms with Gasteiger partial charge in [-0.3, -0.25) is 19.8 Å². The van der Waals surface area contributed by atoms with Crippen molar-refractivity contribution in [1.82, 2.24) is 10.3 Å². The molecule has 3 N–H and O–H groups in total. The number of aliphatic carboxylic acids is 1. The molecule has 0 aliphatic heterocycles. The highest BCUT2D eigenvalue weighted by Crippen LogP contribution is 2.40. The summed E-state index contributed by atoms with van der Waals surface area (Å²) in [7, 11) is 1.27. The zero-order chi connectivity index (χ0) is 32.8. The van der Waals surface area contributed by atoms with Gasteiger partial charge >= 0.3 is 18.2 Å². The Kier molecular flexibility index (Phi) is 9.90. The van der Waals surface area contributed by atoms with Crippen molar-refractivity contribution in [3.63, 3.8) is 0 Å². The molecule has 0 atom stereocenters. The van der Waals surface area contributed by atoms with Crippen LogP contribution in [0.5, 0.6) is 5.75 Å². The van der Waals surface area contributed by atoms with E-state index in [2.05, 4.69) is 21.7 Å². The van der Waals surface area contributed by atoms with Crippen LogP contribution in [0, 0.1) is 0 Å². The zero-order valence-corrected chi connectivity index (χ0v) is 25.6. The Morgan fingerprint density at radius 2 is 1.78 bits per heavy atom. The van der Waals surface area contributed by atoms with E-state index >= 15 is 0 Å². The molecule has 9 nitrogen and oxygen atoms in total. The summed E-state index contributed by atoms with van der Waals surface area (Å²) in [5.41, 5.74) is 3.06. The van der Waals surface area contributed by atoms with E-state index in [1.165, 1.54) is 17.6 Å². The van der Waals surface area contributed by atoms with Crippen molar-refractivity contribution in [1.29, 1.82) is 0 Å². The molecule has 5 rings (SSSR count). The second-order valence-corrected chi connectivity index (χ2v) is 11.7. The Morgan fingerprint density at radius 1 is 1.04 bits per heavy atom. The molecule has 1 aliphatic rings. The van der Waals surface area contributed by atoms with E-state index in [1.54, 1.807) is 24.3 Å². The average Bonchev–Trinajstić information content (AvgIpc) is 3.45. The van der Waals surface area contributed by atoms with E-state index in [1.807, 2.05) is 24.3 Å². The fourth-order valence-electron chi connectivity index (χ4n) is 5.10. The fraction of sp³-hybridized carbons (Fsp3) is 0.273. The van der Waals surface area contributed by atoms with Crippen molar-refractivity contribution in [3.8, 4) is 5.75 Å². The molecule has 0 bridgehead atoms. The molecule has 0 unspecified atom stereocenters. The van der Waals surface area contributed by atoms with E-state index in [-0.39, 0.29) is 35.9 Å². The first-order valence-electron chi connectivity index (χ1n) is 14.5. The number of carboxylic acid groups (broad SMARTS) is 1. The number of allylic oxidation sites excluding steroid dienone is 2. The first kappa shape index (κ1) is 32.5. The van der Waals surface area contributed by atoms with Crippen molar-refractivity contribution < 1.29 is 37.4 Å². The van der Waals surface area contributed by atoms with Crippen LogP contribution in [0.4, 0.5) is 28.8 Å². The summed E-state index contributed by atoms with van der Waals surface area (Å²) in [6.45, 7) is 0.0904. The summed E-state index contributed by atoms with van der Waals surface area (Å²) in [6.07, 6.45) is 1.72. The molecule has 0 radical (unpaired) electrons. The third kappa shape index (κ3) is 7.83. The number of amides is 3. The van der Waals surface area contributed by atoms with Crippen LogP contribution < -0.4 is 20.3 Å². The summed E-state index contributed by atoms with van der Waals surface area (Å²) < 4.78 is 45.9. The highest BCUT2D eigenvalue weighted by molar-refractivity contribution is 7.22. The quantitative estimate of drug-likeness (QED) is 0.161. The van der Waals surface area contributed by atoms with Gasteiger partial charge in [-0.25, -0.2) is 9.78 Å². The number of alkyl halides is 3. The van der Waals surface area contributed by atoms with Gasteiger partial charge in [-0.1, -0.05) is 41.7 Å². The van der Waals surface area contributed by atoms with Crippen LogP contribution in [0.25, 0.3) is 15.8 Å². The number of nitrogens with one attached hydrogen (secondary N) is 2. The average molecular weight is 653 g/mol. The molecule has 13 heteroatoms. The fourth-order valence-corrected chi connectivity index (χ4v) is 6.02. The van der Waals surface area contributed by atoms with Gasteiger partial charge in [-0.05, 0) is 78.8 Å². The summed E-state index contributed by atoms with van der Waals surface area (Å²) >= 11 is 0.999. The lowest BCUT2D eigenvalue weighted by Gasteiger charge is -2.23. The number of methoxy groups -OCH3 is 1. The molecule has 46 heavy (non-hydrogen) atoms. The summed E-state index contributed by atoms with van der Waals surface area (Å²) in [5.74, 6) is -1.44. The number of aromatic nitrogens is 1. The Labute approximate surface area is 266 Å². The van der Waals surface area contributed by atoms with Gasteiger partial charge in [0, 0.05) is 17.8 Å². The Morgan fingerprint density at radius 3 is 2.41 bits per heavy atom. The van der Waals surface area contributed by atoms with Crippen molar-refractivity contribution in [2.45, 2.75) is 44.8 Å². The van der Waals surface area contributed by atoms with Crippen molar-refractivity contribution in [2.75, 3.05) is 23.9 Å². The molecule has 1 aliphatic carbocycles. The lowest BCUT2D eigenvalue weighted by Crippen LogP contribution is -2.34. The molecule has 240 valence electrons. The molecule has 1 aromatic heterocycles. The van der Waals surface area contributed by atoms with Gasteiger partial charge in [-0.2, -0.15) is 13.2 Å². The van der Waals surface area contributed by atoms with E-state index in [0.717, 1.165) is 54.7 Å². The number of benzene rings is 3. The molecule has 0 saturated heterocycles. The SMILES string of the molecule is COc1cc(C(F)(F)F)cc2nc(NC(=O)N(Cc3ccc(C(=O)NCCC(=O)O)cc3)c3ccc(C4=CCCCC4)cc3)sc12. The Bertz CT molecular complexity index is 1770. The number of carbonyl (C=O) groups excluding carboxylic acids is 2. The number of carboxylic acids is 1. The minimum Gasteiger partial charge on any atom is -0.495 e. The number of thiazole rings is 1. The Hall–Kier alpha value is -4.91. The second kappa shape index (κ2) is 14.0. The van der Waals surface area contributed by atoms with E-state index in [9.17, 15) is 27.6 Å². The highest BCUT2D eigenvalue weighted by Gasteiger charge is 2.32. The predicted molar refractivity (Wildman–Crippen MR) is 170 cm³/mol. The maximum atomic E-state index is 13.8. The number of carbonyl (C=O) groups is 3. The topological polar surface area (TPSA) is 121 Å². The van der Waals surface area contributed by atoms with Gasteiger partial charge in [0.05, 0.1) is 35.9 Å². The number of nitrogens with zero attached hydrogens (tertiary/aromatic N) is 2. The Balaban J connectivity index is 1.40. The lowest BCUT2D eigenvalue weighted by molar-refractivity contribution is -0.138. The number of hydrogen-bond donors (Lipinski definition) is 3. The summed E-state index contributed by atoms with van der Waals surface area (Å²) in [6, 6.07) is 15.4. The first-order chi connectivity index (χ1) is 22.0. The predicted octanol–water partition coefficient (Wildman–Crippen LogP) is 7.72. The monoisotopic (exact) mass is 652 g/mol. The molecular formula is C33H31F3N4O5S. The van der Waals surface area contributed by atoms with Crippen molar-refractivity contribution >= 4 is 55.9 Å². The molecular weight excluding hydrogens is 621 g/mol. The highest BCUT2D eigenvalue weighted by atomic mass is 32.1. The van der Waals surface area contributed by atoms with E-state index < -0.39 is 29.6 Å². The van der Waals surface area contributed by atoms with Gasteiger partial charge < -0.3 is 15.2 Å². The molecule has 3 aromatic carbocycles. The van der Waals surface area contributed by atoms with Gasteiger partial charge in [0.15, 0.2) is 5.13 Å². The van der Waals surface area contributed by atoms with Gasteiger partial charge in [0.25, 0.3) is 5.91 Å². The second-order valence-electron chi connectivity index (χ2n) is 10.7. The molecule has 0 saturated carbocycles.